The van der Waals surface area contributed by atoms with Gasteiger partial charge in [-0.15, -0.1) is 5.10 Å². The zero-order valence-electron chi connectivity index (χ0n) is 17.4. The topological polar surface area (TPSA) is 65.1 Å². The Hall–Kier alpha value is -3.98. The molecule has 1 aromatic carbocycles. The molecule has 170 valence electrons. The average molecular weight is 482 g/mol. The van der Waals surface area contributed by atoms with Crippen LogP contribution >= 0.6 is 11.6 Å². The molecule has 0 amide bonds. The molecule has 0 aliphatic rings. The molecule has 0 bridgehead atoms. The molecule has 0 unspecified atom stereocenters. The van der Waals surface area contributed by atoms with Crippen molar-refractivity contribution < 1.29 is 13.2 Å². The van der Waals surface area contributed by atoms with Gasteiger partial charge in [0.25, 0.3) is 0 Å². The maximum atomic E-state index is 13.1. The number of halogens is 4. The molecular weight excluding hydrogens is 467 g/mol. The second-order valence-electron chi connectivity index (χ2n) is 7.52. The standard InChI is InChI=1S/C24H15ClF3N5O/c25-18-4-1-15(2-5-18)20-9-12-32-22(21(20)16-7-10-29-11-8-16)31-33(23(32)34)14-19-6-3-17(13-30-19)24(26,27)28/h1-13H,14H2. The summed E-state index contributed by atoms with van der Waals surface area (Å²) in [5.74, 6) is 0. The summed E-state index contributed by atoms with van der Waals surface area (Å²) >= 11 is 6.05. The summed E-state index contributed by atoms with van der Waals surface area (Å²) < 4.78 is 41.1. The van der Waals surface area contributed by atoms with Crippen LogP contribution in [0.15, 0.2) is 84.2 Å². The minimum Gasteiger partial charge on any atom is -0.265 e. The van der Waals surface area contributed by atoms with Crippen LogP contribution in [0.5, 0.6) is 0 Å². The first kappa shape index (κ1) is 21.8. The van der Waals surface area contributed by atoms with Gasteiger partial charge in [-0.05, 0) is 59.2 Å². The Kier molecular flexibility index (Phi) is 5.41. The highest BCUT2D eigenvalue weighted by molar-refractivity contribution is 6.30. The first-order chi connectivity index (χ1) is 16.3. The number of aromatic nitrogens is 5. The van der Waals surface area contributed by atoms with E-state index in [2.05, 4.69) is 15.1 Å². The Balaban J connectivity index is 1.65. The van der Waals surface area contributed by atoms with Gasteiger partial charge >= 0.3 is 11.9 Å². The number of pyridine rings is 3. The van der Waals surface area contributed by atoms with Crippen LogP contribution in [0, 0.1) is 0 Å². The van der Waals surface area contributed by atoms with Crippen molar-refractivity contribution in [3.05, 3.63) is 106 Å². The summed E-state index contributed by atoms with van der Waals surface area (Å²) in [7, 11) is 0. The summed E-state index contributed by atoms with van der Waals surface area (Å²) in [5.41, 5.74) is 2.61. The van der Waals surface area contributed by atoms with Crippen molar-refractivity contribution in [2.75, 3.05) is 0 Å². The molecule has 0 spiro atoms. The predicted molar refractivity (Wildman–Crippen MR) is 121 cm³/mol. The molecule has 6 nitrogen and oxygen atoms in total. The third kappa shape index (κ3) is 4.06. The first-order valence-electron chi connectivity index (χ1n) is 10.1. The predicted octanol–water partition coefficient (Wildman–Crippen LogP) is 5.34. The molecule has 0 radical (unpaired) electrons. The monoisotopic (exact) mass is 481 g/mol. The van der Waals surface area contributed by atoms with Crippen LogP contribution in [-0.2, 0) is 12.7 Å². The molecular formula is C24H15ClF3N5O. The van der Waals surface area contributed by atoms with Crippen molar-refractivity contribution in [2.24, 2.45) is 0 Å². The maximum Gasteiger partial charge on any atom is 0.417 e. The summed E-state index contributed by atoms with van der Waals surface area (Å²) in [6.07, 6.45) is 1.17. The van der Waals surface area contributed by atoms with Crippen LogP contribution in [-0.4, -0.2) is 24.1 Å². The minimum atomic E-state index is -4.48. The third-order valence-corrected chi connectivity index (χ3v) is 5.59. The van der Waals surface area contributed by atoms with Crippen LogP contribution in [0.2, 0.25) is 5.02 Å². The van der Waals surface area contributed by atoms with Crippen LogP contribution in [0.25, 0.3) is 27.9 Å². The van der Waals surface area contributed by atoms with E-state index in [0.717, 1.165) is 29.0 Å². The van der Waals surface area contributed by atoms with Gasteiger partial charge in [0.15, 0.2) is 5.65 Å². The van der Waals surface area contributed by atoms with Crippen molar-refractivity contribution in [3.8, 4) is 22.3 Å². The van der Waals surface area contributed by atoms with Crippen LogP contribution in [0.3, 0.4) is 0 Å². The highest BCUT2D eigenvalue weighted by Crippen LogP contribution is 2.35. The highest BCUT2D eigenvalue weighted by atomic mass is 35.5. The number of alkyl halides is 3. The van der Waals surface area contributed by atoms with E-state index >= 15 is 0 Å². The lowest BCUT2D eigenvalue weighted by Crippen LogP contribution is -2.22. The number of nitrogens with zero attached hydrogens (tertiary/aromatic N) is 5. The van der Waals surface area contributed by atoms with Gasteiger partial charge in [0.1, 0.15) is 0 Å². The van der Waals surface area contributed by atoms with Gasteiger partial charge in [0, 0.05) is 35.4 Å². The van der Waals surface area contributed by atoms with E-state index < -0.39 is 17.4 Å². The highest BCUT2D eigenvalue weighted by Gasteiger charge is 2.30. The molecule has 0 aliphatic carbocycles. The second kappa shape index (κ2) is 8.42. The third-order valence-electron chi connectivity index (χ3n) is 5.34. The second-order valence-corrected chi connectivity index (χ2v) is 7.95. The molecule has 5 aromatic rings. The molecule has 34 heavy (non-hydrogen) atoms. The number of benzene rings is 1. The van der Waals surface area contributed by atoms with Gasteiger partial charge in [-0.25, -0.2) is 13.9 Å². The fourth-order valence-electron chi connectivity index (χ4n) is 3.69. The molecule has 0 saturated heterocycles. The Labute approximate surface area is 195 Å². The van der Waals surface area contributed by atoms with Crippen LogP contribution in [0.1, 0.15) is 11.3 Å². The van der Waals surface area contributed by atoms with E-state index in [4.69, 9.17) is 11.6 Å². The molecule has 10 heteroatoms. The molecule has 0 N–H and O–H groups in total. The maximum absolute atomic E-state index is 13.1. The molecule has 5 rings (SSSR count). The summed E-state index contributed by atoms with van der Waals surface area (Å²) in [5, 5.41) is 5.11. The quantitative estimate of drug-likeness (QED) is 0.347. The number of rotatable bonds is 4. The molecule has 0 fully saturated rings. The fraction of sp³-hybridized carbons (Fsp3) is 0.0833. The van der Waals surface area contributed by atoms with E-state index in [0.29, 0.717) is 16.2 Å². The van der Waals surface area contributed by atoms with Gasteiger partial charge in [-0.3, -0.25) is 9.97 Å². The molecule has 0 aliphatic heterocycles. The lowest BCUT2D eigenvalue weighted by molar-refractivity contribution is -0.137. The van der Waals surface area contributed by atoms with Crippen molar-refractivity contribution in [2.45, 2.75) is 12.7 Å². The Morgan fingerprint density at radius 3 is 2.29 bits per heavy atom. The van der Waals surface area contributed by atoms with E-state index in [1.807, 2.05) is 30.3 Å². The molecule has 4 heterocycles. The zero-order valence-corrected chi connectivity index (χ0v) is 18.1. The van der Waals surface area contributed by atoms with Crippen molar-refractivity contribution in [3.63, 3.8) is 0 Å². The van der Waals surface area contributed by atoms with Crippen molar-refractivity contribution in [1.29, 1.82) is 0 Å². The summed E-state index contributed by atoms with van der Waals surface area (Å²) in [6, 6.07) is 14.9. The normalized spacial score (nSPS) is 11.8. The minimum absolute atomic E-state index is 0.0787. The van der Waals surface area contributed by atoms with Gasteiger partial charge in [-0.2, -0.15) is 13.2 Å². The number of fused-ring (bicyclic) bond motifs is 1. The smallest absolute Gasteiger partial charge is 0.265 e. The van der Waals surface area contributed by atoms with Crippen LogP contribution < -0.4 is 5.69 Å². The van der Waals surface area contributed by atoms with E-state index in [1.165, 1.54) is 15.1 Å². The van der Waals surface area contributed by atoms with E-state index in [9.17, 15) is 18.0 Å². The Bertz CT molecular complexity index is 1530. The Morgan fingerprint density at radius 2 is 1.65 bits per heavy atom. The van der Waals surface area contributed by atoms with E-state index in [-0.39, 0.29) is 12.2 Å². The largest absolute Gasteiger partial charge is 0.417 e. The fourth-order valence-corrected chi connectivity index (χ4v) is 3.82. The number of hydrogen-bond acceptors (Lipinski definition) is 4. The molecule has 4 aromatic heterocycles. The van der Waals surface area contributed by atoms with Gasteiger partial charge in [-0.1, -0.05) is 23.7 Å². The molecule has 0 saturated carbocycles. The first-order valence-corrected chi connectivity index (χ1v) is 10.5. The SMILES string of the molecule is O=c1n(Cc2ccc(C(F)(F)F)cn2)nc2c(-c3ccncc3)c(-c3ccc(Cl)cc3)ccn12. The van der Waals surface area contributed by atoms with E-state index in [1.54, 1.807) is 30.7 Å². The van der Waals surface area contributed by atoms with Gasteiger partial charge in [0.05, 0.1) is 17.8 Å². The van der Waals surface area contributed by atoms with Crippen molar-refractivity contribution >= 4 is 17.2 Å². The summed E-state index contributed by atoms with van der Waals surface area (Å²) in [4.78, 5) is 21.0. The number of hydrogen-bond donors (Lipinski definition) is 0. The van der Waals surface area contributed by atoms with Crippen LogP contribution in [0.4, 0.5) is 13.2 Å². The lowest BCUT2D eigenvalue weighted by atomic mass is 9.96. The molecule has 0 atom stereocenters. The van der Waals surface area contributed by atoms with Gasteiger partial charge < -0.3 is 0 Å². The summed E-state index contributed by atoms with van der Waals surface area (Å²) in [6.45, 7) is -0.0787. The van der Waals surface area contributed by atoms with Gasteiger partial charge in [0.2, 0.25) is 0 Å². The zero-order chi connectivity index (χ0) is 23.9. The Morgan fingerprint density at radius 1 is 0.912 bits per heavy atom. The lowest BCUT2D eigenvalue weighted by Gasteiger charge is -2.11. The van der Waals surface area contributed by atoms with Crippen molar-refractivity contribution in [1.82, 2.24) is 24.1 Å². The average Bonchev–Trinajstić information content (AvgIpc) is 3.14.